The molecule has 85 heavy (non-hydrogen) atoms. The average Bonchev–Trinajstić information content (AvgIpc) is 1.84. The number of ether oxygens (including phenoxy) is 4. The summed E-state index contributed by atoms with van der Waals surface area (Å²) in [4.78, 5) is 120. The first-order valence-corrected chi connectivity index (χ1v) is 29.8. The fourth-order valence-electron chi connectivity index (χ4n) is 9.36. The molecule has 0 amide bonds. The average molecular weight is 1290 g/mol. The number of hydrogen-bond acceptors (Lipinski definition) is 33. The number of imidazole rings is 2. The van der Waals surface area contributed by atoms with Crippen molar-refractivity contribution in [3.63, 3.8) is 0 Å². The Morgan fingerprint density at radius 1 is 0.576 bits per heavy atom. The van der Waals surface area contributed by atoms with Crippen LogP contribution < -0.4 is 39.7 Å². The number of aromatic nitrogens is 12. The third-order valence-corrected chi connectivity index (χ3v) is 16.5. The first kappa shape index (κ1) is 61.9. The lowest BCUT2D eigenvalue weighted by molar-refractivity contribution is -0.0649. The van der Waals surface area contributed by atoms with Gasteiger partial charge in [-0.3, -0.25) is 65.0 Å². The molecule has 20 atom stereocenters. The number of aromatic amines is 2. The Hall–Kier alpha value is -6.15. The second-order valence-corrected chi connectivity index (χ2v) is 23.6. The molecule has 10 heterocycles. The number of nitrogen functional groups attached to an aromatic ring is 3. The third-order valence-electron chi connectivity index (χ3n) is 13.2. The maximum atomic E-state index is 13.9. The highest BCUT2D eigenvalue weighted by Crippen LogP contribution is 2.54. The van der Waals surface area contributed by atoms with E-state index >= 15 is 0 Å². The molecule has 4 aliphatic rings. The molecule has 6 aromatic rings. The highest BCUT2D eigenvalue weighted by Gasteiger charge is 2.55. The van der Waals surface area contributed by atoms with Crippen LogP contribution in [0.3, 0.4) is 0 Å². The number of aliphatic hydroxyl groups is 5. The van der Waals surface area contributed by atoms with Crippen LogP contribution in [0.2, 0.25) is 0 Å². The molecule has 0 aromatic carbocycles. The van der Waals surface area contributed by atoms with E-state index in [0.29, 0.717) is 9.13 Å². The Balaban J connectivity index is 0.850. The number of aliphatic hydroxyl groups excluding tert-OH is 5. The van der Waals surface area contributed by atoms with Crippen LogP contribution in [0.15, 0.2) is 62.7 Å². The maximum absolute atomic E-state index is 13.9. The van der Waals surface area contributed by atoms with Crippen molar-refractivity contribution in [1.29, 1.82) is 0 Å². The van der Waals surface area contributed by atoms with Gasteiger partial charge in [0.2, 0.25) is 5.95 Å². The lowest BCUT2D eigenvalue weighted by atomic mass is 10.1. The van der Waals surface area contributed by atoms with Crippen LogP contribution >= 0.6 is 31.7 Å². The number of phosphoric acid groups is 3. The van der Waals surface area contributed by atoms with Gasteiger partial charge in [0.05, 0.1) is 32.5 Å². The second-order valence-electron chi connectivity index (χ2n) is 18.7. The zero-order valence-electron chi connectivity index (χ0n) is 42.4. The highest BCUT2D eigenvalue weighted by atomic mass is 31.2. The van der Waals surface area contributed by atoms with E-state index in [1.54, 1.807) is 0 Å². The van der Waals surface area contributed by atoms with Crippen LogP contribution in [-0.4, -0.2) is 203 Å². The van der Waals surface area contributed by atoms with Gasteiger partial charge in [0.15, 0.2) is 47.5 Å². The van der Waals surface area contributed by atoms with Gasteiger partial charge in [0.1, 0.15) is 97.5 Å². The second kappa shape index (κ2) is 24.2. The largest absolute Gasteiger partial charge is 0.694 e. The van der Waals surface area contributed by atoms with Crippen LogP contribution in [0.1, 0.15) is 24.9 Å². The summed E-state index contributed by atoms with van der Waals surface area (Å²) in [5.74, 6) is -0.720. The summed E-state index contributed by atoms with van der Waals surface area (Å²) in [6, 6.07) is 1.89. The van der Waals surface area contributed by atoms with Gasteiger partial charge in [-0.2, -0.15) is 9.97 Å². The molecular weight excluding hydrogens is 1240 g/mol. The van der Waals surface area contributed by atoms with Crippen molar-refractivity contribution in [3.8, 4) is 0 Å². The Morgan fingerprint density at radius 3 is 1.61 bits per heavy atom. The summed E-state index contributed by atoms with van der Waals surface area (Å²) in [6.07, 6.45) is -25.9. The highest BCUT2D eigenvalue weighted by molar-refractivity contribution is 7.48. The van der Waals surface area contributed by atoms with Crippen molar-refractivity contribution < 1.29 is 114 Å². The molecule has 10 rings (SSSR count). The van der Waals surface area contributed by atoms with E-state index in [0.717, 1.165) is 41.7 Å². The number of phosphoric ester groups is 3. The summed E-state index contributed by atoms with van der Waals surface area (Å²) < 4.78 is 115. The summed E-state index contributed by atoms with van der Waals surface area (Å²) >= 11 is 0. The Morgan fingerprint density at radius 2 is 1.06 bits per heavy atom. The molecule has 0 saturated carbocycles. The fraction of sp³-hybridized carbons (Fsp3) is 0.526. The monoisotopic (exact) mass is 1290 g/mol. The van der Waals surface area contributed by atoms with Crippen molar-refractivity contribution in [2.24, 2.45) is 0 Å². The van der Waals surface area contributed by atoms with E-state index in [1.807, 2.05) is 4.98 Å². The van der Waals surface area contributed by atoms with Crippen LogP contribution in [0.5, 0.6) is 0 Å². The molecular formula is C38H48N15O28P4+. The van der Waals surface area contributed by atoms with Gasteiger partial charge in [-0.15, -0.1) is 9.42 Å². The minimum absolute atomic E-state index is 0.0288. The topological polar surface area (TPSA) is 627 Å². The minimum atomic E-state index is -5.79. The Kier molecular flexibility index (Phi) is 17.6. The molecule has 4 fully saturated rings. The zero-order valence-corrected chi connectivity index (χ0v) is 46.0. The first-order valence-electron chi connectivity index (χ1n) is 24.2. The minimum Gasteiger partial charge on any atom is -0.387 e. The van der Waals surface area contributed by atoms with E-state index in [4.69, 9.17) is 67.8 Å². The van der Waals surface area contributed by atoms with Gasteiger partial charge in [-0.05, 0) is 6.07 Å². The molecule has 4 aliphatic heterocycles. The van der Waals surface area contributed by atoms with Gasteiger partial charge in [-0.25, -0.2) is 43.2 Å². The van der Waals surface area contributed by atoms with Crippen molar-refractivity contribution in [1.82, 2.24) is 58.1 Å². The standard InChI is InChI=1S/C38H47N15O28P4/c39-16-1-3-50(37(61)46-16)33-22(57)26(80-83(65,66)72-6-12-20(55)21(56)32(75-12)52-10-44-18-28(40)42-9-43-29(18)52)14(77-33)7-74-85(69,70)81-27-15(78-34(23(27)58)51-4-2-17(54)47-38(51)62)8-73-84(67,68)79-25-13(5-71-82(63)64)76-35(24(25)59)53-11-45-19-30(53)48-36(41)49-31(19)60/h1-4,9-15,20-27,32-35,55-59H,5-8H2,(H11-,39,40,41,42,43,46,47,48,49,54,60,61,62,63,64,65,66,67,68,69,70)/p+1/t12-,13-,14-,15-,20-,21-,22-,23-,24-,25-,26-,27-,32-,33-,34-,35-/m1/s1. The molecule has 462 valence electrons. The Labute approximate surface area is 469 Å². The fourth-order valence-corrected chi connectivity index (χ4v) is 12.5. The zero-order chi connectivity index (χ0) is 61.2. The summed E-state index contributed by atoms with van der Waals surface area (Å²) in [5, 5.41) is 56.2. The predicted octanol–water partition coefficient (Wildman–Crippen LogP) is -5.92. The predicted molar refractivity (Wildman–Crippen MR) is 270 cm³/mol. The number of nitrogens with zero attached hydrogens (tertiary/aromatic N) is 10. The molecule has 4 unspecified atom stereocenters. The molecule has 0 radical (unpaired) electrons. The molecule has 0 aliphatic carbocycles. The number of nitrogens with one attached hydrogen (secondary N) is 2. The van der Waals surface area contributed by atoms with Crippen LogP contribution in [0.25, 0.3) is 22.3 Å². The first-order chi connectivity index (χ1) is 40.1. The van der Waals surface area contributed by atoms with Gasteiger partial charge >= 0.3 is 43.1 Å². The molecule has 6 aromatic heterocycles. The SMILES string of the molecule is Nc1ccn([C@@H]2O[C@H](COP(=O)(O)O[C@H]3[C@@H](O)[C@H](n4ccc(=O)[nH]c4=O)O[C@@H]3COP(=O)(O)O[C@H]3[C@@H](O)[C@H](n4cnc5c(=O)[nH]c(N)nc54)O[C@@H]3CO[P+](=O)O)[C@@H](OP(=O)(O)OC[C@H]3O[C@@H](n4cnc5c(N)ncnc54)[C@H](O)[C@@H]3O)[C@H]2O)c(=O)n1. The third kappa shape index (κ3) is 13.0. The van der Waals surface area contributed by atoms with Gasteiger partial charge in [-0.1, -0.05) is 0 Å². The summed E-state index contributed by atoms with van der Waals surface area (Å²) in [5.41, 5.74) is 12.6. The van der Waals surface area contributed by atoms with Crippen molar-refractivity contribution in [3.05, 3.63) is 85.2 Å². The molecule has 0 spiro atoms. The maximum Gasteiger partial charge on any atom is 0.694 e. The van der Waals surface area contributed by atoms with E-state index in [2.05, 4.69) is 34.9 Å². The number of fused-ring (bicyclic) bond motifs is 2. The number of anilines is 3. The van der Waals surface area contributed by atoms with Crippen LogP contribution in [0.4, 0.5) is 17.6 Å². The number of hydrogen-bond donors (Lipinski definition) is 14. The normalized spacial score (nSPS) is 32.0. The van der Waals surface area contributed by atoms with Crippen molar-refractivity contribution >= 4 is 71.6 Å². The van der Waals surface area contributed by atoms with Crippen molar-refractivity contribution in [2.45, 2.75) is 98.2 Å². The van der Waals surface area contributed by atoms with Crippen LogP contribution in [0, 0.1) is 0 Å². The van der Waals surface area contributed by atoms with Gasteiger partial charge in [0.25, 0.3) is 11.1 Å². The molecule has 0 bridgehead atoms. The van der Waals surface area contributed by atoms with E-state index in [9.17, 15) is 82.5 Å². The van der Waals surface area contributed by atoms with Gasteiger partial charge < -0.3 is 76.4 Å². The van der Waals surface area contributed by atoms with Gasteiger partial charge in [0, 0.05) is 23.0 Å². The summed E-state index contributed by atoms with van der Waals surface area (Å²) in [6.45, 7) is -4.53. The smallest absolute Gasteiger partial charge is 0.387 e. The van der Waals surface area contributed by atoms with E-state index in [-0.39, 0.29) is 34.0 Å². The van der Waals surface area contributed by atoms with E-state index < -0.39 is 185 Å². The summed E-state index contributed by atoms with van der Waals surface area (Å²) in [7, 11) is -20.3. The lowest BCUT2D eigenvalue weighted by Crippen LogP contribution is -2.39. The number of H-pyrrole nitrogens is 2. The number of rotatable bonds is 22. The van der Waals surface area contributed by atoms with Crippen molar-refractivity contribution in [2.75, 3.05) is 43.6 Å². The number of nitrogens with two attached hydrogens (primary N) is 3. The van der Waals surface area contributed by atoms with Crippen LogP contribution in [-0.2, 0) is 68.9 Å². The molecule has 43 nitrogen and oxygen atoms in total. The molecule has 17 N–H and O–H groups in total. The lowest BCUT2D eigenvalue weighted by Gasteiger charge is -2.26. The molecule has 4 saturated heterocycles. The molecule has 47 heteroatoms. The van der Waals surface area contributed by atoms with E-state index in [1.165, 1.54) is 10.9 Å². The Bertz CT molecular complexity index is 3890. The quantitative estimate of drug-likeness (QED) is 0.0282.